The number of nitro groups is 1. The van der Waals surface area contributed by atoms with Crippen LogP contribution in [0, 0.1) is 10.1 Å². The van der Waals surface area contributed by atoms with Gasteiger partial charge in [-0.05, 0) is 19.1 Å². The van der Waals surface area contributed by atoms with Gasteiger partial charge in [0.25, 0.3) is 0 Å². The molecular formula is C11H10ClN3O3. The summed E-state index contributed by atoms with van der Waals surface area (Å²) in [4.78, 5) is 10.3. The van der Waals surface area contributed by atoms with Crippen LogP contribution in [0.4, 0.5) is 5.69 Å². The van der Waals surface area contributed by atoms with Gasteiger partial charge in [-0.2, -0.15) is 5.10 Å². The Bertz CT molecular complexity index is 583. The summed E-state index contributed by atoms with van der Waals surface area (Å²) in [5, 5.41) is 15.0. The van der Waals surface area contributed by atoms with E-state index in [4.69, 9.17) is 16.3 Å². The predicted molar refractivity (Wildman–Crippen MR) is 66.1 cm³/mol. The zero-order chi connectivity index (χ0) is 13.1. The number of hydrogen-bond acceptors (Lipinski definition) is 4. The number of benzene rings is 1. The quantitative estimate of drug-likeness (QED) is 0.630. The summed E-state index contributed by atoms with van der Waals surface area (Å²) in [6.07, 6.45) is 3.15. The van der Waals surface area contributed by atoms with Gasteiger partial charge >= 0.3 is 5.69 Å². The van der Waals surface area contributed by atoms with Crippen LogP contribution in [-0.4, -0.2) is 14.7 Å². The predicted octanol–water partition coefficient (Wildman–Crippen LogP) is 3.26. The molecule has 0 N–H and O–H groups in total. The molecule has 0 aliphatic rings. The van der Waals surface area contributed by atoms with Crippen molar-refractivity contribution in [3.05, 3.63) is 45.7 Å². The first-order chi connectivity index (χ1) is 8.61. The molecule has 0 amide bonds. The summed E-state index contributed by atoms with van der Waals surface area (Å²) >= 11 is 5.78. The lowest BCUT2D eigenvalue weighted by Gasteiger charge is -2.04. The molecule has 18 heavy (non-hydrogen) atoms. The second-order valence-corrected chi connectivity index (χ2v) is 3.88. The fraction of sp³-hybridized carbons (Fsp3) is 0.182. The van der Waals surface area contributed by atoms with Crippen LogP contribution in [0.2, 0.25) is 5.02 Å². The largest absolute Gasteiger partial charge is 0.447 e. The highest BCUT2D eigenvalue weighted by Crippen LogP contribution is 2.36. The highest BCUT2D eigenvalue weighted by molar-refractivity contribution is 6.32. The van der Waals surface area contributed by atoms with Gasteiger partial charge in [-0.25, -0.2) is 0 Å². The fourth-order valence-corrected chi connectivity index (χ4v) is 1.69. The van der Waals surface area contributed by atoms with Gasteiger partial charge in [0.1, 0.15) is 5.02 Å². The number of rotatable bonds is 4. The molecule has 6 nitrogen and oxygen atoms in total. The van der Waals surface area contributed by atoms with Gasteiger partial charge in [-0.3, -0.25) is 14.8 Å². The molecule has 0 aliphatic heterocycles. The first kappa shape index (κ1) is 12.4. The number of hydrogen-bond donors (Lipinski definition) is 0. The van der Waals surface area contributed by atoms with E-state index in [0.29, 0.717) is 12.3 Å². The molecule has 1 aromatic heterocycles. The van der Waals surface area contributed by atoms with Crippen LogP contribution in [0.3, 0.4) is 0 Å². The van der Waals surface area contributed by atoms with Crippen molar-refractivity contribution < 1.29 is 9.66 Å². The van der Waals surface area contributed by atoms with E-state index in [1.807, 2.05) is 6.92 Å². The van der Waals surface area contributed by atoms with Crippen LogP contribution < -0.4 is 4.74 Å². The lowest BCUT2D eigenvalue weighted by Crippen LogP contribution is -1.94. The highest BCUT2D eigenvalue weighted by atomic mass is 35.5. The van der Waals surface area contributed by atoms with Crippen LogP contribution in [0.15, 0.2) is 30.6 Å². The monoisotopic (exact) mass is 267 g/mol. The first-order valence-corrected chi connectivity index (χ1v) is 5.63. The molecule has 0 aliphatic carbocycles. The van der Waals surface area contributed by atoms with Crippen molar-refractivity contribution in [2.24, 2.45) is 0 Å². The summed E-state index contributed by atoms with van der Waals surface area (Å²) in [6.45, 7) is 2.62. The molecule has 0 saturated heterocycles. The fourth-order valence-electron chi connectivity index (χ4n) is 1.45. The lowest BCUT2D eigenvalue weighted by atomic mass is 10.3. The number of halogens is 1. The maximum Gasteiger partial charge on any atom is 0.329 e. The van der Waals surface area contributed by atoms with Crippen LogP contribution in [-0.2, 0) is 6.54 Å². The van der Waals surface area contributed by atoms with E-state index in [-0.39, 0.29) is 16.5 Å². The zero-order valence-electron chi connectivity index (χ0n) is 9.54. The maximum atomic E-state index is 10.9. The van der Waals surface area contributed by atoms with E-state index in [1.54, 1.807) is 16.9 Å². The van der Waals surface area contributed by atoms with Crippen LogP contribution in [0.25, 0.3) is 0 Å². The lowest BCUT2D eigenvalue weighted by molar-refractivity contribution is -0.385. The SMILES string of the molecule is CCn1cc(Oc2cccc(Cl)c2[N+](=O)[O-])cn1. The average Bonchev–Trinajstić information content (AvgIpc) is 2.76. The normalized spacial score (nSPS) is 10.3. The van der Waals surface area contributed by atoms with Crippen molar-refractivity contribution in [1.82, 2.24) is 9.78 Å². The minimum Gasteiger partial charge on any atom is -0.447 e. The number of nitro benzene ring substituents is 1. The van der Waals surface area contributed by atoms with E-state index in [1.165, 1.54) is 18.3 Å². The van der Waals surface area contributed by atoms with Crippen molar-refractivity contribution in [3.8, 4) is 11.5 Å². The van der Waals surface area contributed by atoms with Crippen molar-refractivity contribution in [2.45, 2.75) is 13.5 Å². The Labute approximate surface area is 108 Å². The number of aryl methyl sites for hydroxylation is 1. The summed E-state index contributed by atoms with van der Waals surface area (Å²) in [5.41, 5.74) is -0.247. The molecule has 0 unspecified atom stereocenters. The zero-order valence-corrected chi connectivity index (χ0v) is 10.3. The maximum absolute atomic E-state index is 10.9. The molecule has 0 bridgehead atoms. The van der Waals surface area contributed by atoms with Crippen molar-refractivity contribution >= 4 is 17.3 Å². The highest BCUT2D eigenvalue weighted by Gasteiger charge is 2.20. The first-order valence-electron chi connectivity index (χ1n) is 5.25. The Morgan fingerprint density at radius 3 is 2.94 bits per heavy atom. The van der Waals surface area contributed by atoms with Gasteiger partial charge in [-0.15, -0.1) is 0 Å². The Kier molecular flexibility index (Phi) is 3.47. The average molecular weight is 268 g/mol. The second kappa shape index (κ2) is 5.05. The molecule has 94 valence electrons. The molecule has 1 aromatic carbocycles. The van der Waals surface area contributed by atoms with E-state index < -0.39 is 4.92 Å². The van der Waals surface area contributed by atoms with E-state index in [9.17, 15) is 10.1 Å². The third kappa shape index (κ3) is 2.43. The van der Waals surface area contributed by atoms with Gasteiger partial charge in [0, 0.05) is 6.54 Å². The van der Waals surface area contributed by atoms with Crippen LogP contribution in [0.1, 0.15) is 6.92 Å². The van der Waals surface area contributed by atoms with Crippen LogP contribution >= 0.6 is 11.6 Å². The number of ether oxygens (including phenoxy) is 1. The molecule has 1 heterocycles. The summed E-state index contributed by atoms with van der Waals surface area (Å²) < 4.78 is 7.08. The van der Waals surface area contributed by atoms with Crippen molar-refractivity contribution in [2.75, 3.05) is 0 Å². The minimum atomic E-state index is -0.568. The Morgan fingerprint density at radius 2 is 2.33 bits per heavy atom. The van der Waals surface area contributed by atoms with Crippen molar-refractivity contribution in [3.63, 3.8) is 0 Å². The summed E-state index contributed by atoms with van der Waals surface area (Å²) in [7, 11) is 0. The molecule has 0 atom stereocenters. The number of nitrogens with zero attached hydrogens (tertiary/aromatic N) is 3. The minimum absolute atomic E-state index is 0.0420. The van der Waals surface area contributed by atoms with E-state index >= 15 is 0 Å². The third-order valence-corrected chi connectivity index (χ3v) is 2.60. The topological polar surface area (TPSA) is 70.2 Å². The van der Waals surface area contributed by atoms with Gasteiger partial charge in [0.15, 0.2) is 5.75 Å². The van der Waals surface area contributed by atoms with Gasteiger partial charge in [0.2, 0.25) is 5.75 Å². The molecule has 2 rings (SSSR count). The van der Waals surface area contributed by atoms with Gasteiger partial charge in [-0.1, -0.05) is 17.7 Å². The summed E-state index contributed by atoms with van der Waals surface area (Å²) in [6, 6.07) is 4.53. The molecular weight excluding hydrogens is 258 g/mol. The molecule has 7 heteroatoms. The summed E-state index contributed by atoms with van der Waals surface area (Å²) in [5.74, 6) is 0.533. The molecule has 2 aromatic rings. The van der Waals surface area contributed by atoms with Crippen molar-refractivity contribution in [1.29, 1.82) is 0 Å². The second-order valence-electron chi connectivity index (χ2n) is 3.48. The Morgan fingerprint density at radius 1 is 1.56 bits per heavy atom. The third-order valence-electron chi connectivity index (χ3n) is 2.29. The Hall–Kier alpha value is -2.08. The van der Waals surface area contributed by atoms with E-state index in [0.717, 1.165) is 0 Å². The molecule has 0 radical (unpaired) electrons. The van der Waals surface area contributed by atoms with E-state index in [2.05, 4.69) is 5.10 Å². The number of para-hydroxylation sites is 1. The molecule has 0 fully saturated rings. The standard InChI is InChI=1S/C11H10ClN3O3/c1-2-14-7-8(6-13-14)18-10-5-3-4-9(12)11(10)15(16)17/h3-7H,2H2,1H3. The van der Waals surface area contributed by atoms with Crippen LogP contribution in [0.5, 0.6) is 11.5 Å². The number of aromatic nitrogens is 2. The smallest absolute Gasteiger partial charge is 0.329 e. The molecule has 0 spiro atoms. The van der Waals surface area contributed by atoms with Gasteiger partial charge < -0.3 is 4.74 Å². The van der Waals surface area contributed by atoms with Gasteiger partial charge in [0.05, 0.1) is 17.3 Å². The Balaban J connectivity index is 2.34. The molecule has 0 saturated carbocycles.